The lowest BCUT2D eigenvalue weighted by Gasteiger charge is -2.23. The maximum Gasteiger partial charge on any atom is 0.348 e. The number of aromatic nitrogens is 2. The van der Waals surface area contributed by atoms with Crippen molar-refractivity contribution in [1.29, 1.82) is 0 Å². The van der Waals surface area contributed by atoms with Gasteiger partial charge in [-0.05, 0) is 48.7 Å². The molecule has 0 saturated carbocycles. The van der Waals surface area contributed by atoms with Crippen LogP contribution in [0.1, 0.15) is 27.7 Å². The van der Waals surface area contributed by atoms with E-state index >= 15 is 0 Å². The number of ether oxygens (including phenoxy) is 1. The molecule has 0 atom stereocenters. The minimum Gasteiger partial charge on any atom is -0.461 e. The third kappa shape index (κ3) is 4.55. The molecule has 5 nitrogen and oxygen atoms in total. The number of nitrogens with zero attached hydrogens (tertiary/aromatic N) is 3. The number of esters is 1. The van der Waals surface area contributed by atoms with E-state index in [-0.39, 0.29) is 11.3 Å². The highest BCUT2D eigenvalue weighted by atomic mass is 35.5. The number of aryl methyl sites for hydroxylation is 1. The Bertz CT molecular complexity index is 1200. The second-order valence-electron chi connectivity index (χ2n) is 7.00. The Morgan fingerprint density at radius 3 is 2.42 bits per heavy atom. The first-order chi connectivity index (χ1) is 15.1. The number of hydrogen-bond acceptors (Lipinski definition) is 6. The molecule has 4 aromatic rings. The Morgan fingerprint density at radius 1 is 1.06 bits per heavy atom. The van der Waals surface area contributed by atoms with Crippen molar-refractivity contribution in [3.63, 3.8) is 0 Å². The Hall–Kier alpha value is -2.96. The number of carbonyl (C=O) groups excluding carboxylic acids is 1. The van der Waals surface area contributed by atoms with Gasteiger partial charge in [0.1, 0.15) is 15.5 Å². The van der Waals surface area contributed by atoms with Crippen molar-refractivity contribution >= 4 is 50.6 Å². The van der Waals surface area contributed by atoms with E-state index < -0.39 is 0 Å². The summed E-state index contributed by atoms with van der Waals surface area (Å²) in [4.78, 5) is 25.0. The lowest BCUT2D eigenvalue weighted by molar-refractivity contribution is 0.0514. The van der Waals surface area contributed by atoms with Crippen LogP contribution in [-0.2, 0) is 11.2 Å². The van der Waals surface area contributed by atoms with Gasteiger partial charge in [-0.1, -0.05) is 48.5 Å². The van der Waals surface area contributed by atoms with Crippen molar-refractivity contribution < 1.29 is 9.53 Å². The van der Waals surface area contributed by atoms with E-state index in [1.807, 2.05) is 67.6 Å². The van der Waals surface area contributed by atoms with E-state index in [4.69, 9.17) is 16.3 Å². The Balaban J connectivity index is 1.65. The maximum absolute atomic E-state index is 12.8. The number of halogens is 1. The molecule has 0 N–H and O–H groups in total. The molecule has 2 aromatic carbocycles. The van der Waals surface area contributed by atoms with Gasteiger partial charge in [0.25, 0.3) is 0 Å². The molecule has 7 heteroatoms. The largest absolute Gasteiger partial charge is 0.461 e. The molecule has 0 radical (unpaired) electrons. The molecule has 31 heavy (non-hydrogen) atoms. The van der Waals surface area contributed by atoms with Gasteiger partial charge in [-0.3, -0.25) is 0 Å². The van der Waals surface area contributed by atoms with Gasteiger partial charge in [-0.2, -0.15) is 4.98 Å². The first-order valence-electron chi connectivity index (χ1n) is 10.1. The van der Waals surface area contributed by atoms with Crippen LogP contribution in [-0.4, -0.2) is 29.1 Å². The molecule has 0 fully saturated rings. The van der Waals surface area contributed by atoms with Crippen molar-refractivity contribution in [2.24, 2.45) is 0 Å². The molecule has 0 bridgehead atoms. The summed E-state index contributed by atoms with van der Waals surface area (Å²) < 4.78 is 5.56. The van der Waals surface area contributed by atoms with Crippen LogP contribution in [0.15, 0.2) is 60.7 Å². The van der Waals surface area contributed by atoms with Crippen LogP contribution in [0.5, 0.6) is 0 Å². The van der Waals surface area contributed by atoms with E-state index in [2.05, 4.69) is 21.8 Å². The van der Waals surface area contributed by atoms with Crippen LogP contribution in [0.4, 0.5) is 11.5 Å². The highest BCUT2D eigenvalue weighted by Gasteiger charge is 2.24. The summed E-state index contributed by atoms with van der Waals surface area (Å²) in [6.45, 7) is 4.97. The summed E-state index contributed by atoms with van der Waals surface area (Å²) in [5, 5.41) is 0.984. The first kappa shape index (κ1) is 21.3. The second-order valence-corrected chi connectivity index (χ2v) is 8.34. The summed E-state index contributed by atoms with van der Waals surface area (Å²) in [6.07, 6.45) is 0.672. The molecule has 0 aliphatic rings. The number of thiophene rings is 1. The number of carbonyl (C=O) groups is 1. The quantitative estimate of drug-likeness (QED) is 0.247. The summed E-state index contributed by atoms with van der Waals surface area (Å²) in [6, 6.07) is 19.9. The highest BCUT2D eigenvalue weighted by Crippen LogP contribution is 2.38. The van der Waals surface area contributed by atoms with Crippen LogP contribution >= 0.6 is 22.9 Å². The molecule has 0 spiro atoms. The summed E-state index contributed by atoms with van der Waals surface area (Å²) in [7, 11) is 0. The standard InChI is InChI=1S/C24H22ClN3O2S/c1-3-28(18-12-8-5-9-13-18)21-19-16(2)20(31-22(19)27-24(25)26-21)23(29)30-15-14-17-10-6-4-7-11-17/h4-13H,3,14-15H2,1-2H3. The summed E-state index contributed by atoms with van der Waals surface area (Å²) in [5.41, 5.74) is 2.94. The Labute approximate surface area is 190 Å². The average molecular weight is 452 g/mol. The van der Waals surface area contributed by atoms with E-state index in [9.17, 15) is 4.79 Å². The fourth-order valence-electron chi connectivity index (χ4n) is 3.52. The molecule has 0 saturated heterocycles. The predicted molar refractivity (Wildman–Crippen MR) is 127 cm³/mol. The van der Waals surface area contributed by atoms with Crippen LogP contribution in [0.2, 0.25) is 5.28 Å². The zero-order valence-corrected chi connectivity index (χ0v) is 18.9. The number of fused-ring (bicyclic) bond motifs is 1. The molecule has 2 aromatic heterocycles. The summed E-state index contributed by atoms with van der Waals surface area (Å²) in [5.74, 6) is 0.349. The third-order valence-corrected chi connectivity index (χ3v) is 6.37. The van der Waals surface area contributed by atoms with Gasteiger partial charge in [0.15, 0.2) is 0 Å². The van der Waals surface area contributed by atoms with Crippen LogP contribution in [0.25, 0.3) is 10.2 Å². The van der Waals surface area contributed by atoms with Gasteiger partial charge < -0.3 is 9.64 Å². The highest BCUT2D eigenvalue weighted by molar-refractivity contribution is 7.20. The summed E-state index contributed by atoms with van der Waals surface area (Å²) >= 11 is 7.54. The van der Waals surface area contributed by atoms with Crippen LogP contribution in [0.3, 0.4) is 0 Å². The fourth-order valence-corrected chi connectivity index (χ4v) is 4.80. The second kappa shape index (κ2) is 9.45. The monoisotopic (exact) mass is 451 g/mol. The van der Waals surface area contributed by atoms with E-state index in [0.29, 0.717) is 35.1 Å². The van der Waals surface area contributed by atoms with Gasteiger partial charge in [0, 0.05) is 18.7 Å². The normalized spacial score (nSPS) is 10.9. The molecular formula is C24H22ClN3O2S. The SMILES string of the molecule is CCN(c1ccccc1)c1nc(Cl)nc2sc(C(=O)OCCc3ccccc3)c(C)c12. The van der Waals surface area contributed by atoms with Gasteiger partial charge in [-0.25, -0.2) is 9.78 Å². The van der Waals surface area contributed by atoms with Gasteiger partial charge in [0.2, 0.25) is 5.28 Å². The number of rotatable bonds is 7. The minimum atomic E-state index is -0.346. The van der Waals surface area contributed by atoms with Gasteiger partial charge >= 0.3 is 5.97 Å². The third-order valence-electron chi connectivity index (χ3n) is 5.04. The maximum atomic E-state index is 12.8. The molecule has 4 rings (SSSR count). The zero-order chi connectivity index (χ0) is 21.8. The lowest BCUT2D eigenvalue weighted by Crippen LogP contribution is -2.18. The minimum absolute atomic E-state index is 0.155. The molecular weight excluding hydrogens is 430 g/mol. The van der Waals surface area contributed by atoms with Crippen LogP contribution < -0.4 is 4.90 Å². The van der Waals surface area contributed by atoms with E-state index in [0.717, 1.165) is 22.2 Å². The number of benzene rings is 2. The van der Waals surface area contributed by atoms with Crippen molar-refractivity contribution in [3.05, 3.63) is 82.0 Å². The molecule has 0 aliphatic heterocycles. The molecule has 0 aliphatic carbocycles. The topological polar surface area (TPSA) is 55.3 Å². The van der Waals surface area contributed by atoms with Crippen molar-refractivity contribution in [2.75, 3.05) is 18.1 Å². The molecule has 0 amide bonds. The van der Waals surface area contributed by atoms with Crippen molar-refractivity contribution in [2.45, 2.75) is 20.3 Å². The Kier molecular flexibility index (Phi) is 6.49. The first-order valence-corrected chi connectivity index (χ1v) is 11.3. The lowest BCUT2D eigenvalue weighted by atomic mass is 10.1. The average Bonchev–Trinajstić information content (AvgIpc) is 3.12. The number of hydrogen-bond donors (Lipinski definition) is 0. The molecule has 2 heterocycles. The molecule has 0 unspecified atom stereocenters. The smallest absolute Gasteiger partial charge is 0.348 e. The van der Waals surface area contributed by atoms with Crippen molar-refractivity contribution in [1.82, 2.24) is 9.97 Å². The zero-order valence-electron chi connectivity index (χ0n) is 17.3. The van der Waals surface area contributed by atoms with E-state index in [1.54, 1.807) is 0 Å². The Morgan fingerprint density at radius 2 is 1.74 bits per heavy atom. The fraction of sp³-hybridized carbons (Fsp3) is 0.208. The molecule has 158 valence electrons. The van der Waals surface area contributed by atoms with Gasteiger partial charge in [0.05, 0.1) is 12.0 Å². The van der Waals surface area contributed by atoms with E-state index in [1.165, 1.54) is 11.3 Å². The number of para-hydroxylation sites is 1. The van der Waals surface area contributed by atoms with Gasteiger partial charge in [-0.15, -0.1) is 11.3 Å². The predicted octanol–water partition coefficient (Wildman–Crippen LogP) is 6.21. The van der Waals surface area contributed by atoms with Crippen LogP contribution in [0, 0.1) is 6.92 Å². The van der Waals surface area contributed by atoms with Crippen molar-refractivity contribution in [3.8, 4) is 0 Å². The number of anilines is 2.